The number of amides is 1. The van der Waals surface area contributed by atoms with Gasteiger partial charge in [-0.1, -0.05) is 13.8 Å². The molecule has 23 heavy (non-hydrogen) atoms. The Hall–Kier alpha value is -1.50. The van der Waals surface area contributed by atoms with Crippen LogP contribution in [0.25, 0.3) is 0 Å². The zero-order valence-electron chi connectivity index (χ0n) is 14.6. The fourth-order valence-electron chi connectivity index (χ4n) is 3.07. The van der Waals surface area contributed by atoms with E-state index in [0.717, 1.165) is 24.7 Å². The minimum atomic E-state index is 0.113. The van der Waals surface area contributed by atoms with Crippen LogP contribution in [0.1, 0.15) is 13.8 Å². The van der Waals surface area contributed by atoms with Crippen molar-refractivity contribution in [1.29, 1.82) is 0 Å². The molecule has 1 fully saturated rings. The molecule has 1 N–H and O–H groups in total. The van der Waals surface area contributed by atoms with Gasteiger partial charge in [0.05, 0.1) is 11.8 Å². The van der Waals surface area contributed by atoms with E-state index < -0.39 is 0 Å². The molecule has 128 valence electrons. The van der Waals surface area contributed by atoms with Crippen molar-refractivity contribution in [2.45, 2.75) is 19.9 Å². The average Bonchev–Trinajstić information content (AvgIpc) is 2.91. The van der Waals surface area contributed by atoms with Gasteiger partial charge in [-0.3, -0.25) is 4.79 Å². The molecule has 2 heterocycles. The lowest BCUT2D eigenvalue weighted by Gasteiger charge is -2.23. The van der Waals surface area contributed by atoms with Crippen LogP contribution in [0.3, 0.4) is 0 Å². The molecule has 1 saturated heterocycles. The Kier molecular flexibility index (Phi) is 6.10. The number of rotatable bonds is 6. The highest BCUT2D eigenvalue weighted by Crippen LogP contribution is 2.31. The van der Waals surface area contributed by atoms with Crippen molar-refractivity contribution >= 4 is 29.3 Å². The van der Waals surface area contributed by atoms with Gasteiger partial charge in [0.15, 0.2) is 11.6 Å². The second kappa shape index (κ2) is 7.86. The number of thioether (sulfide) groups is 1. The number of anilines is 2. The molecule has 6 nitrogen and oxygen atoms in total. The van der Waals surface area contributed by atoms with Gasteiger partial charge in [0.2, 0.25) is 5.91 Å². The third-order valence-corrected chi connectivity index (χ3v) is 4.78. The van der Waals surface area contributed by atoms with Gasteiger partial charge in [-0.15, -0.1) is 0 Å². The van der Waals surface area contributed by atoms with Crippen molar-refractivity contribution in [2.24, 2.45) is 11.8 Å². The predicted molar refractivity (Wildman–Crippen MR) is 97.2 cm³/mol. The number of carbonyl (C=O) groups is 1. The number of aromatic nitrogens is 2. The first-order chi connectivity index (χ1) is 10.9. The van der Waals surface area contributed by atoms with Crippen LogP contribution in [0.15, 0.2) is 12.4 Å². The van der Waals surface area contributed by atoms with Crippen molar-refractivity contribution in [1.82, 2.24) is 15.3 Å². The van der Waals surface area contributed by atoms with E-state index in [2.05, 4.69) is 34.0 Å². The summed E-state index contributed by atoms with van der Waals surface area (Å²) >= 11 is 1.55. The Balaban J connectivity index is 2.18. The second-order valence-electron chi connectivity index (χ2n) is 6.52. The normalized spacial score (nSPS) is 20.9. The molecular weight excluding hydrogens is 310 g/mol. The van der Waals surface area contributed by atoms with E-state index in [-0.39, 0.29) is 11.9 Å². The Morgan fingerprint density at radius 3 is 2.70 bits per heavy atom. The average molecular weight is 337 g/mol. The summed E-state index contributed by atoms with van der Waals surface area (Å²) in [5.41, 5.74) is 0. The highest BCUT2D eigenvalue weighted by Gasteiger charge is 2.37. The molecular formula is C16H27N5OS. The van der Waals surface area contributed by atoms with E-state index in [1.54, 1.807) is 24.2 Å². The van der Waals surface area contributed by atoms with Gasteiger partial charge >= 0.3 is 0 Å². The molecule has 0 aromatic carbocycles. The summed E-state index contributed by atoms with van der Waals surface area (Å²) in [6.45, 7) is 6.10. The number of hydrogen-bond donors (Lipinski definition) is 1. The van der Waals surface area contributed by atoms with E-state index in [1.807, 2.05) is 25.3 Å². The van der Waals surface area contributed by atoms with Crippen LogP contribution in [0, 0.1) is 11.8 Å². The molecule has 1 aliphatic rings. The summed E-state index contributed by atoms with van der Waals surface area (Å²) in [4.78, 5) is 25.2. The van der Waals surface area contributed by atoms with Crippen molar-refractivity contribution in [3.05, 3.63) is 12.4 Å². The summed E-state index contributed by atoms with van der Waals surface area (Å²) < 4.78 is 0. The molecule has 1 aliphatic heterocycles. The lowest BCUT2D eigenvalue weighted by atomic mass is 9.91. The standard InChI is InChI=1S/C16H27N5OS/c1-11(2)12-8-21(9-13(12)19-14(22)10-23-5)16-15(20(3)4)17-6-7-18-16/h6-7,11-13H,8-10H2,1-5H3,(H,19,22)/t12-,13+/m1/s1. The van der Waals surface area contributed by atoms with Gasteiger partial charge < -0.3 is 15.1 Å². The van der Waals surface area contributed by atoms with E-state index in [1.165, 1.54) is 0 Å². The van der Waals surface area contributed by atoms with E-state index in [0.29, 0.717) is 17.6 Å². The maximum Gasteiger partial charge on any atom is 0.230 e. The van der Waals surface area contributed by atoms with Crippen molar-refractivity contribution < 1.29 is 4.79 Å². The third-order valence-electron chi connectivity index (χ3n) is 4.23. The van der Waals surface area contributed by atoms with Crippen LogP contribution < -0.4 is 15.1 Å². The Labute approximate surface area is 143 Å². The Morgan fingerprint density at radius 2 is 2.09 bits per heavy atom. The van der Waals surface area contributed by atoms with Gasteiger partial charge in [-0.25, -0.2) is 9.97 Å². The minimum Gasteiger partial charge on any atom is -0.360 e. The minimum absolute atomic E-state index is 0.113. The summed E-state index contributed by atoms with van der Waals surface area (Å²) in [5, 5.41) is 3.20. The first kappa shape index (κ1) is 17.8. The highest BCUT2D eigenvalue weighted by atomic mass is 32.2. The topological polar surface area (TPSA) is 61.4 Å². The molecule has 1 aromatic heterocycles. The molecule has 0 bridgehead atoms. The van der Waals surface area contributed by atoms with E-state index in [4.69, 9.17) is 0 Å². The zero-order valence-corrected chi connectivity index (χ0v) is 15.4. The molecule has 1 amide bonds. The largest absolute Gasteiger partial charge is 0.360 e. The molecule has 0 spiro atoms. The molecule has 0 unspecified atom stereocenters. The fraction of sp³-hybridized carbons (Fsp3) is 0.688. The lowest BCUT2D eigenvalue weighted by Crippen LogP contribution is -2.42. The van der Waals surface area contributed by atoms with Crippen molar-refractivity contribution in [3.63, 3.8) is 0 Å². The van der Waals surface area contributed by atoms with Crippen LogP contribution in [0.2, 0.25) is 0 Å². The number of carbonyl (C=O) groups excluding carboxylic acids is 1. The fourth-order valence-corrected chi connectivity index (χ4v) is 3.42. The highest BCUT2D eigenvalue weighted by molar-refractivity contribution is 7.99. The van der Waals surface area contributed by atoms with Gasteiger partial charge in [0.25, 0.3) is 0 Å². The molecule has 0 radical (unpaired) electrons. The Morgan fingerprint density at radius 1 is 1.39 bits per heavy atom. The summed E-state index contributed by atoms with van der Waals surface area (Å²) in [6.07, 6.45) is 5.39. The van der Waals surface area contributed by atoms with Gasteiger partial charge in [0, 0.05) is 45.5 Å². The lowest BCUT2D eigenvalue weighted by molar-refractivity contribution is -0.119. The van der Waals surface area contributed by atoms with E-state index >= 15 is 0 Å². The zero-order chi connectivity index (χ0) is 17.0. The Bertz CT molecular complexity index is 537. The van der Waals surface area contributed by atoms with Crippen LogP contribution in [0.4, 0.5) is 11.6 Å². The van der Waals surface area contributed by atoms with Gasteiger partial charge in [0.1, 0.15) is 0 Å². The van der Waals surface area contributed by atoms with Crippen LogP contribution in [-0.4, -0.2) is 61.1 Å². The SMILES string of the molecule is CSCC(=O)N[C@H]1CN(c2nccnc2N(C)C)C[C@@H]1C(C)C. The first-order valence-corrected chi connectivity index (χ1v) is 9.35. The molecule has 0 aliphatic carbocycles. The molecule has 2 atom stereocenters. The maximum atomic E-state index is 12.0. The summed E-state index contributed by atoms with van der Waals surface area (Å²) in [5.74, 6) is 3.30. The van der Waals surface area contributed by atoms with Crippen LogP contribution in [-0.2, 0) is 4.79 Å². The number of hydrogen-bond acceptors (Lipinski definition) is 6. The van der Waals surface area contributed by atoms with Crippen LogP contribution in [0.5, 0.6) is 0 Å². The third kappa shape index (κ3) is 4.28. The quantitative estimate of drug-likeness (QED) is 0.848. The molecule has 2 rings (SSSR count). The number of nitrogens with zero attached hydrogens (tertiary/aromatic N) is 4. The smallest absolute Gasteiger partial charge is 0.230 e. The predicted octanol–water partition coefficient (Wildman–Crippen LogP) is 1.48. The molecule has 1 aromatic rings. The monoisotopic (exact) mass is 337 g/mol. The molecule has 7 heteroatoms. The van der Waals surface area contributed by atoms with Crippen molar-refractivity contribution in [3.8, 4) is 0 Å². The van der Waals surface area contributed by atoms with Gasteiger partial charge in [-0.2, -0.15) is 11.8 Å². The maximum absolute atomic E-state index is 12.0. The summed E-state index contributed by atoms with van der Waals surface area (Å²) in [7, 11) is 3.95. The summed E-state index contributed by atoms with van der Waals surface area (Å²) in [6, 6.07) is 0.159. The first-order valence-electron chi connectivity index (χ1n) is 7.95. The van der Waals surface area contributed by atoms with E-state index in [9.17, 15) is 4.79 Å². The van der Waals surface area contributed by atoms with Gasteiger partial charge in [-0.05, 0) is 12.2 Å². The second-order valence-corrected chi connectivity index (χ2v) is 7.38. The van der Waals surface area contributed by atoms with Crippen molar-refractivity contribution in [2.75, 3.05) is 49.0 Å². The van der Waals surface area contributed by atoms with Crippen LogP contribution >= 0.6 is 11.8 Å². The number of nitrogens with one attached hydrogen (secondary N) is 1. The molecule has 0 saturated carbocycles.